The van der Waals surface area contributed by atoms with Gasteiger partial charge in [-0.15, -0.1) is 0 Å². The number of hydrogen-bond donors (Lipinski definition) is 1. The van der Waals surface area contributed by atoms with Crippen LogP contribution in [-0.4, -0.2) is 38.6 Å². The van der Waals surface area contributed by atoms with Crippen LogP contribution in [0.15, 0.2) is 45.9 Å². The first kappa shape index (κ1) is 22.3. The Morgan fingerprint density at radius 2 is 1.97 bits per heavy atom. The molecule has 0 amide bonds. The molecule has 0 aliphatic heterocycles. The Labute approximate surface area is 192 Å². The molecule has 32 heavy (non-hydrogen) atoms. The van der Waals surface area contributed by atoms with Crippen LogP contribution in [0.3, 0.4) is 0 Å². The molecule has 0 saturated carbocycles. The second-order valence-electron chi connectivity index (χ2n) is 8.23. The highest BCUT2D eigenvalue weighted by Crippen LogP contribution is 2.33. The van der Waals surface area contributed by atoms with Gasteiger partial charge in [0.1, 0.15) is 5.82 Å². The highest BCUT2D eigenvalue weighted by molar-refractivity contribution is 7.99. The van der Waals surface area contributed by atoms with Gasteiger partial charge in [0.15, 0.2) is 5.16 Å². The van der Waals surface area contributed by atoms with Crippen LogP contribution in [0.5, 0.6) is 0 Å². The van der Waals surface area contributed by atoms with Crippen molar-refractivity contribution in [1.82, 2.24) is 24.5 Å². The molecule has 9 heteroatoms. The molecule has 168 valence electrons. The number of allylic oxidation sites excluding steroid dienone is 2. The van der Waals surface area contributed by atoms with Crippen LogP contribution < -0.4 is 16.2 Å². The highest BCUT2D eigenvalue weighted by Gasteiger charge is 2.19. The van der Waals surface area contributed by atoms with E-state index in [1.807, 2.05) is 45.3 Å². The highest BCUT2D eigenvalue weighted by atomic mass is 32.2. The minimum absolute atomic E-state index is 0.00847. The van der Waals surface area contributed by atoms with E-state index < -0.39 is 0 Å². The summed E-state index contributed by atoms with van der Waals surface area (Å²) in [5.74, 6) is 1.25. The number of thioether (sulfide) groups is 1. The number of rotatable bonds is 7. The first-order chi connectivity index (χ1) is 15.4. The lowest BCUT2D eigenvalue weighted by atomic mass is 9.97. The van der Waals surface area contributed by atoms with E-state index >= 15 is 0 Å². The summed E-state index contributed by atoms with van der Waals surface area (Å²) < 4.78 is 1.80. The molecule has 2 heterocycles. The summed E-state index contributed by atoms with van der Waals surface area (Å²) in [6, 6.07) is 7.50. The zero-order chi connectivity index (χ0) is 22.7. The fourth-order valence-corrected chi connectivity index (χ4v) is 4.79. The summed E-state index contributed by atoms with van der Waals surface area (Å²) in [4.78, 5) is 33.0. The van der Waals surface area contributed by atoms with Crippen molar-refractivity contribution in [2.24, 2.45) is 0 Å². The van der Waals surface area contributed by atoms with Crippen molar-refractivity contribution in [3.63, 3.8) is 0 Å². The fraction of sp³-hybridized carbons (Fsp3) is 0.435. The standard InChI is InChI=1S/C23H29N7OS/c1-15(19-26-21(24)28-22(27-19)29(2)3)32-23-25-18-12-8-7-11-17(18)20(31)30(23)14-13-16-9-5-4-6-10-16/h7-9,11-12,15H,4-6,10,13-14H2,1-3H3,(H2,24,26,27,28). The first-order valence-electron chi connectivity index (χ1n) is 11.0. The fourth-order valence-electron chi connectivity index (χ4n) is 3.81. The van der Waals surface area contributed by atoms with Gasteiger partial charge in [0, 0.05) is 20.6 Å². The van der Waals surface area contributed by atoms with Gasteiger partial charge in [-0.3, -0.25) is 9.36 Å². The maximum absolute atomic E-state index is 13.4. The van der Waals surface area contributed by atoms with Gasteiger partial charge in [-0.25, -0.2) is 4.98 Å². The molecule has 0 bridgehead atoms. The lowest BCUT2D eigenvalue weighted by Crippen LogP contribution is -2.24. The lowest BCUT2D eigenvalue weighted by molar-refractivity contribution is 0.568. The molecule has 1 aliphatic carbocycles. The van der Waals surface area contributed by atoms with Crippen LogP contribution >= 0.6 is 11.8 Å². The number of aromatic nitrogens is 5. The van der Waals surface area contributed by atoms with Crippen LogP contribution in [-0.2, 0) is 6.54 Å². The van der Waals surface area contributed by atoms with Gasteiger partial charge in [0.2, 0.25) is 11.9 Å². The average molecular weight is 452 g/mol. The normalized spacial score (nSPS) is 14.9. The molecule has 4 rings (SSSR count). The first-order valence-corrected chi connectivity index (χ1v) is 11.8. The van der Waals surface area contributed by atoms with Gasteiger partial charge in [0.25, 0.3) is 5.56 Å². The predicted molar refractivity (Wildman–Crippen MR) is 130 cm³/mol. The van der Waals surface area contributed by atoms with E-state index in [1.54, 1.807) is 9.47 Å². The molecule has 1 atom stereocenters. The zero-order valence-electron chi connectivity index (χ0n) is 18.8. The number of benzene rings is 1. The Bertz CT molecular complexity index is 1200. The lowest BCUT2D eigenvalue weighted by Gasteiger charge is -2.18. The van der Waals surface area contributed by atoms with Crippen LogP contribution in [0.25, 0.3) is 10.9 Å². The van der Waals surface area contributed by atoms with Gasteiger partial charge in [-0.2, -0.15) is 15.0 Å². The van der Waals surface area contributed by atoms with E-state index in [4.69, 9.17) is 10.7 Å². The molecule has 1 unspecified atom stereocenters. The second-order valence-corrected chi connectivity index (χ2v) is 9.54. The Balaban J connectivity index is 1.69. The summed E-state index contributed by atoms with van der Waals surface area (Å²) in [6.07, 6.45) is 7.92. The van der Waals surface area contributed by atoms with E-state index in [-0.39, 0.29) is 16.8 Å². The minimum atomic E-state index is -0.160. The third-order valence-corrected chi connectivity index (χ3v) is 6.66. The molecular weight excluding hydrogens is 422 g/mol. The largest absolute Gasteiger partial charge is 0.368 e. The zero-order valence-corrected chi connectivity index (χ0v) is 19.6. The molecule has 0 spiro atoms. The van der Waals surface area contributed by atoms with E-state index in [0.717, 1.165) is 19.3 Å². The van der Waals surface area contributed by atoms with E-state index in [9.17, 15) is 4.79 Å². The number of hydrogen-bond acceptors (Lipinski definition) is 8. The monoisotopic (exact) mass is 451 g/mol. The van der Waals surface area contributed by atoms with Crippen molar-refractivity contribution >= 4 is 34.6 Å². The van der Waals surface area contributed by atoms with Gasteiger partial charge in [0.05, 0.1) is 16.2 Å². The molecule has 2 aromatic heterocycles. The van der Waals surface area contributed by atoms with E-state index in [2.05, 4.69) is 21.0 Å². The number of nitrogen functional groups attached to an aromatic ring is 1. The van der Waals surface area contributed by atoms with Crippen LogP contribution in [0.4, 0.5) is 11.9 Å². The van der Waals surface area contributed by atoms with Crippen molar-refractivity contribution < 1.29 is 0 Å². The molecule has 2 N–H and O–H groups in total. The van der Waals surface area contributed by atoms with Gasteiger partial charge in [-0.1, -0.05) is 35.5 Å². The van der Waals surface area contributed by atoms with E-state index in [0.29, 0.717) is 34.4 Å². The molecule has 8 nitrogen and oxygen atoms in total. The van der Waals surface area contributed by atoms with Gasteiger partial charge in [-0.05, 0) is 51.2 Å². The van der Waals surface area contributed by atoms with Crippen LogP contribution in [0.2, 0.25) is 0 Å². The third kappa shape index (κ3) is 4.93. The summed E-state index contributed by atoms with van der Waals surface area (Å²) in [5.41, 5.74) is 8.03. The maximum Gasteiger partial charge on any atom is 0.262 e. The molecule has 1 aliphatic rings. The molecular formula is C23H29N7OS. The van der Waals surface area contributed by atoms with Crippen molar-refractivity contribution in [3.05, 3.63) is 52.1 Å². The van der Waals surface area contributed by atoms with Crippen molar-refractivity contribution in [2.75, 3.05) is 24.7 Å². The number of nitrogens with two attached hydrogens (primary N) is 1. The SMILES string of the molecule is CC(Sc1nc2ccccc2c(=O)n1CCC1=CCCCC1)c1nc(N)nc(N(C)C)n1. The molecule has 0 fully saturated rings. The summed E-state index contributed by atoms with van der Waals surface area (Å²) in [7, 11) is 3.72. The summed E-state index contributed by atoms with van der Waals surface area (Å²) in [6.45, 7) is 2.61. The molecule has 1 aromatic carbocycles. The molecule has 3 aromatic rings. The predicted octanol–water partition coefficient (Wildman–Crippen LogP) is 3.97. The van der Waals surface area contributed by atoms with Crippen LogP contribution in [0, 0.1) is 0 Å². The number of fused-ring (bicyclic) bond motifs is 1. The number of anilines is 2. The topological polar surface area (TPSA) is 103 Å². The third-order valence-electron chi connectivity index (χ3n) is 5.57. The van der Waals surface area contributed by atoms with Crippen molar-refractivity contribution in [1.29, 1.82) is 0 Å². The maximum atomic E-state index is 13.4. The van der Waals surface area contributed by atoms with Gasteiger partial charge >= 0.3 is 0 Å². The number of nitrogens with zero attached hydrogens (tertiary/aromatic N) is 6. The Morgan fingerprint density at radius 3 is 2.72 bits per heavy atom. The second kappa shape index (κ2) is 9.68. The smallest absolute Gasteiger partial charge is 0.262 e. The quantitative estimate of drug-likeness (QED) is 0.327. The van der Waals surface area contributed by atoms with Crippen molar-refractivity contribution in [3.8, 4) is 0 Å². The summed E-state index contributed by atoms with van der Waals surface area (Å²) >= 11 is 1.47. The van der Waals surface area contributed by atoms with E-state index in [1.165, 1.54) is 30.2 Å². The van der Waals surface area contributed by atoms with Crippen molar-refractivity contribution in [2.45, 2.75) is 56.0 Å². The Hall–Kier alpha value is -2.94. The summed E-state index contributed by atoms with van der Waals surface area (Å²) in [5, 5.41) is 1.15. The Kier molecular flexibility index (Phi) is 6.74. The Morgan fingerprint density at radius 1 is 1.16 bits per heavy atom. The molecule has 0 radical (unpaired) electrons. The van der Waals surface area contributed by atoms with Crippen LogP contribution in [0.1, 0.15) is 50.1 Å². The molecule has 0 saturated heterocycles. The minimum Gasteiger partial charge on any atom is -0.368 e. The number of para-hydroxylation sites is 1. The average Bonchev–Trinajstić information content (AvgIpc) is 2.79. The van der Waals surface area contributed by atoms with Gasteiger partial charge < -0.3 is 10.6 Å².